The van der Waals surface area contributed by atoms with Gasteiger partial charge in [-0.3, -0.25) is 4.79 Å². The molecule has 0 spiro atoms. The number of rotatable bonds is 4. The molecule has 1 N–H and O–H groups in total. The van der Waals surface area contributed by atoms with Gasteiger partial charge in [-0.25, -0.2) is 0 Å². The van der Waals surface area contributed by atoms with E-state index in [1.165, 1.54) is 6.26 Å². The van der Waals surface area contributed by atoms with E-state index >= 15 is 0 Å². The van der Waals surface area contributed by atoms with Crippen LogP contribution in [0.4, 0.5) is 18.9 Å². The van der Waals surface area contributed by atoms with Crippen molar-refractivity contribution in [2.45, 2.75) is 18.0 Å². The molecular formula is C14H14F3NO3S. The van der Waals surface area contributed by atoms with Crippen LogP contribution in [0.25, 0.3) is 0 Å². The monoisotopic (exact) mass is 333 g/mol. The number of amides is 1. The lowest BCUT2D eigenvalue weighted by Crippen LogP contribution is -2.21. The Labute approximate surface area is 129 Å². The van der Waals surface area contributed by atoms with Gasteiger partial charge in [0.25, 0.3) is 5.91 Å². The van der Waals surface area contributed by atoms with Crippen molar-refractivity contribution in [2.75, 3.05) is 24.3 Å². The molecule has 0 unspecified atom stereocenters. The van der Waals surface area contributed by atoms with E-state index in [1.807, 2.05) is 0 Å². The molecule has 0 aliphatic carbocycles. The number of benzene rings is 1. The third kappa shape index (κ3) is 4.87. The molecule has 0 atom stereocenters. The summed E-state index contributed by atoms with van der Waals surface area (Å²) in [6.45, 7) is 2.39. The van der Waals surface area contributed by atoms with Crippen molar-refractivity contribution in [3.63, 3.8) is 0 Å². The van der Waals surface area contributed by atoms with Crippen molar-refractivity contribution in [3.8, 4) is 0 Å². The van der Waals surface area contributed by atoms with E-state index in [2.05, 4.69) is 5.32 Å². The van der Waals surface area contributed by atoms with Gasteiger partial charge in [-0.05, 0) is 24.6 Å². The molecule has 8 heteroatoms. The summed E-state index contributed by atoms with van der Waals surface area (Å²) in [4.78, 5) is 12.4. The second-order valence-corrected chi connectivity index (χ2v) is 5.58. The first kappa shape index (κ1) is 16.5. The quantitative estimate of drug-likeness (QED) is 0.857. The van der Waals surface area contributed by atoms with Gasteiger partial charge in [0, 0.05) is 4.90 Å². The number of alkyl halides is 3. The van der Waals surface area contributed by atoms with Crippen molar-refractivity contribution in [1.29, 1.82) is 0 Å². The number of anilines is 1. The van der Waals surface area contributed by atoms with Gasteiger partial charge >= 0.3 is 6.18 Å². The number of carbonyl (C=O) groups is 1. The van der Waals surface area contributed by atoms with Gasteiger partial charge < -0.3 is 14.8 Å². The molecule has 2 rings (SSSR count). The van der Waals surface area contributed by atoms with Gasteiger partial charge in [-0.2, -0.15) is 13.2 Å². The number of hydrogen-bond donors (Lipinski definition) is 1. The minimum atomic E-state index is -4.28. The van der Waals surface area contributed by atoms with Crippen LogP contribution in [0, 0.1) is 6.92 Å². The number of nitrogens with one attached hydrogen (secondary N) is 1. The summed E-state index contributed by atoms with van der Waals surface area (Å²) in [7, 11) is 0. The zero-order valence-electron chi connectivity index (χ0n) is 11.7. The van der Waals surface area contributed by atoms with Crippen LogP contribution in [0.3, 0.4) is 0 Å². The molecule has 0 saturated heterocycles. The van der Waals surface area contributed by atoms with Gasteiger partial charge in [0.15, 0.2) is 0 Å². The van der Waals surface area contributed by atoms with Gasteiger partial charge in [0.1, 0.15) is 19.5 Å². The fraction of sp³-hybridized carbons (Fsp3) is 0.357. The van der Waals surface area contributed by atoms with E-state index in [9.17, 15) is 18.0 Å². The van der Waals surface area contributed by atoms with Gasteiger partial charge in [0.05, 0.1) is 11.4 Å². The lowest BCUT2D eigenvalue weighted by atomic mass is 10.2. The van der Waals surface area contributed by atoms with Crippen LogP contribution < -0.4 is 5.32 Å². The predicted molar refractivity (Wildman–Crippen MR) is 76.6 cm³/mol. The SMILES string of the molecule is Cc1ccc(SCC(F)(F)F)c(NC(=O)C2=COCCO2)c1. The Hall–Kier alpha value is -1.83. The molecule has 1 aliphatic rings. The van der Waals surface area contributed by atoms with E-state index in [0.29, 0.717) is 29.0 Å². The maximum atomic E-state index is 12.4. The predicted octanol–water partition coefficient (Wildman–Crippen LogP) is 3.48. The molecule has 1 aliphatic heterocycles. The van der Waals surface area contributed by atoms with Crippen LogP contribution in [-0.4, -0.2) is 31.1 Å². The normalized spacial score (nSPS) is 14.6. The lowest BCUT2D eigenvalue weighted by molar-refractivity contribution is -0.117. The van der Waals surface area contributed by atoms with Crippen molar-refractivity contribution >= 4 is 23.4 Å². The van der Waals surface area contributed by atoms with Crippen molar-refractivity contribution < 1.29 is 27.4 Å². The number of hydrogen-bond acceptors (Lipinski definition) is 4. The molecule has 22 heavy (non-hydrogen) atoms. The average Bonchev–Trinajstić information content (AvgIpc) is 2.46. The molecule has 1 heterocycles. The lowest BCUT2D eigenvalue weighted by Gasteiger charge is -2.17. The van der Waals surface area contributed by atoms with Crippen LogP contribution in [-0.2, 0) is 14.3 Å². The molecule has 0 saturated carbocycles. The van der Waals surface area contributed by atoms with Crippen LogP contribution in [0.1, 0.15) is 5.56 Å². The molecule has 1 amide bonds. The molecule has 0 aromatic heterocycles. The Morgan fingerprint density at radius 1 is 1.36 bits per heavy atom. The summed E-state index contributed by atoms with van der Waals surface area (Å²) in [6, 6.07) is 4.85. The minimum absolute atomic E-state index is 0.000437. The summed E-state index contributed by atoms with van der Waals surface area (Å²) >= 11 is 0.620. The summed E-state index contributed by atoms with van der Waals surface area (Å²) < 4.78 is 47.2. The molecule has 0 bridgehead atoms. The second-order valence-electron chi connectivity index (χ2n) is 4.56. The highest BCUT2D eigenvalue weighted by Gasteiger charge is 2.28. The maximum Gasteiger partial charge on any atom is 0.398 e. The topological polar surface area (TPSA) is 47.6 Å². The summed E-state index contributed by atoms with van der Waals surface area (Å²) in [5.74, 6) is -1.58. The highest BCUT2D eigenvalue weighted by Crippen LogP contribution is 2.33. The minimum Gasteiger partial charge on any atom is -0.494 e. The first-order chi connectivity index (χ1) is 10.3. The summed E-state index contributed by atoms with van der Waals surface area (Å²) in [6.07, 6.45) is -3.09. The molecule has 1 aromatic carbocycles. The highest BCUT2D eigenvalue weighted by molar-refractivity contribution is 7.99. The van der Waals surface area contributed by atoms with E-state index < -0.39 is 17.8 Å². The largest absolute Gasteiger partial charge is 0.494 e. The van der Waals surface area contributed by atoms with Crippen LogP contribution in [0.15, 0.2) is 35.1 Å². The first-order valence-electron chi connectivity index (χ1n) is 6.41. The van der Waals surface area contributed by atoms with Crippen LogP contribution in [0.2, 0.25) is 0 Å². The maximum absolute atomic E-state index is 12.4. The molecule has 1 aromatic rings. The Morgan fingerprint density at radius 3 is 2.77 bits per heavy atom. The fourth-order valence-corrected chi connectivity index (χ4v) is 2.45. The van der Waals surface area contributed by atoms with Crippen LogP contribution >= 0.6 is 11.8 Å². The Bertz CT molecular complexity index is 587. The Morgan fingerprint density at radius 2 is 2.14 bits per heavy atom. The number of aryl methyl sites for hydroxylation is 1. The molecule has 0 fully saturated rings. The standard InChI is InChI=1S/C14H14F3NO3S/c1-9-2-3-12(22-8-14(15,16)17)10(6-9)18-13(19)11-7-20-4-5-21-11/h2-3,6-7H,4-5,8H2,1H3,(H,18,19). The van der Waals surface area contributed by atoms with Gasteiger partial charge in [0.2, 0.25) is 5.76 Å². The van der Waals surface area contributed by atoms with Gasteiger partial charge in [-0.1, -0.05) is 6.07 Å². The van der Waals surface area contributed by atoms with Crippen molar-refractivity contribution in [1.82, 2.24) is 0 Å². The zero-order valence-corrected chi connectivity index (χ0v) is 12.5. The van der Waals surface area contributed by atoms with E-state index in [-0.39, 0.29) is 12.4 Å². The number of ether oxygens (including phenoxy) is 2. The van der Waals surface area contributed by atoms with E-state index in [4.69, 9.17) is 9.47 Å². The van der Waals surface area contributed by atoms with Crippen molar-refractivity contribution in [3.05, 3.63) is 35.8 Å². The summed E-state index contributed by atoms with van der Waals surface area (Å²) in [5.41, 5.74) is 1.13. The number of carbonyl (C=O) groups excluding carboxylic acids is 1. The second kappa shape index (κ2) is 6.95. The Balaban J connectivity index is 2.13. The van der Waals surface area contributed by atoms with Crippen molar-refractivity contribution in [2.24, 2.45) is 0 Å². The Kier molecular flexibility index (Phi) is 5.23. The third-order valence-corrected chi connectivity index (χ3v) is 3.79. The molecular weight excluding hydrogens is 319 g/mol. The zero-order chi connectivity index (χ0) is 16.2. The smallest absolute Gasteiger partial charge is 0.398 e. The molecule has 0 radical (unpaired) electrons. The molecule has 4 nitrogen and oxygen atoms in total. The summed E-state index contributed by atoms with van der Waals surface area (Å²) in [5, 5.41) is 2.56. The number of halogens is 3. The van der Waals surface area contributed by atoms with E-state index in [1.54, 1.807) is 25.1 Å². The van der Waals surface area contributed by atoms with Gasteiger partial charge in [-0.15, -0.1) is 11.8 Å². The van der Waals surface area contributed by atoms with E-state index in [0.717, 1.165) is 5.56 Å². The molecule has 120 valence electrons. The third-order valence-electron chi connectivity index (χ3n) is 2.65. The van der Waals surface area contributed by atoms with Crippen LogP contribution in [0.5, 0.6) is 0 Å². The number of thioether (sulfide) groups is 1. The average molecular weight is 333 g/mol. The fourth-order valence-electron chi connectivity index (χ4n) is 1.70. The highest BCUT2D eigenvalue weighted by atomic mass is 32.2. The first-order valence-corrected chi connectivity index (χ1v) is 7.40.